The van der Waals surface area contributed by atoms with E-state index in [4.69, 9.17) is 0 Å². The van der Waals surface area contributed by atoms with Gasteiger partial charge in [-0.3, -0.25) is 29.4 Å². The number of amides is 3. The van der Waals surface area contributed by atoms with E-state index in [1.54, 1.807) is 0 Å². The van der Waals surface area contributed by atoms with Crippen molar-refractivity contribution in [2.24, 2.45) is 0 Å². The number of carbonyl (C=O) groups excluding carboxylic acids is 3. The number of anilines is 2. The molecule has 1 aromatic rings. The summed E-state index contributed by atoms with van der Waals surface area (Å²) < 4.78 is 0. The Morgan fingerprint density at radius 1 is 1.26 bits per heavy atom. The number of nitrogens with zero attached hydrogens (tertiary/aromatic N) is 2. The summed E-state index contributed by atoms with van der Waals surface area (Å²) in [6.45, 7) is 2.00. The van der Waals surface area contributed by atoms with E-state index in [0.29, 0.717) is 13.1 Å². The van der Waals surface area contributed by atoms with Gasteiger partial charge in [0.25, 0.3) is 5.69 Å². The SMILES string of the molecule is CC(=O)NCCNc1ccc(N2C(=O)CCC2=O)cc1[N+](=O)[O-]. The van der Waals surface area contributed by atoms with Crippen LogP contribution in [0.1, 0.15) is 19.8 Å². The van der Waals surface area contributed by atoms with Crippen LogP contribution < -0.4 is 15.5 Å². The van der Waals surface area contributed by atoms with E-state index in [1.165, 1.54) is 25.1 Å². The first-order valence-corrected chi connectivity index (χ1v) is 7.02. The Balaban J connectivity index is 2.18. The Morgan fingerprint density at radius 2 is 1.91 bits per heavy atom. The highest BCUT2D eigenvalue weighted by Gasteiger charge is 2.31. The van der Waals surface area contributed by atoms with Crippen LogP contribution in [-0.4, -0.2) is 35.7 Å². The number of benzene rings is 1. The molecule has 9 heteroatoms. The Kier molecular flexibility index (Phi) is 4.89. The van der Waals surface area contributed by atoms with Crippen LogP contribution in [0.3, 0.4) is 0 Å². The highest BCUT2D eigenvalue weighted by molar-refractivity contribution is 6.20. The van der Waals surface area contributed by atoms with Gasteiger partial charge in [-0.1, -0.05) is 0 Å². The number of carbonyl (C=O) groups is 3. The Labute approximate surface area is 131 Å². The third-order valence-electron chi connectivity index (χ3n) is 3.30. The van der Waals surface area contributed by atoms with Crippen LogP contribution in [0, 0.1) is 10.1 Å². The van der Waals surface area contributed by atoms with Crippen molar-refractivity contribution in [3.05, 3.63) is 28.3 Å². The van der Waals surface area contributed by atoms with Crippen LogP contribution in [-0.2, 0) is 14.4 Å². The lowest BCUT2D eigenvalue weighted by Gasteiger charge is -2.15. The minimum Gasteiger partial charge on any atom is -0.378 e. The van der Waals surface area contributed by atoms with Gasteiger partial charge in [-0.15, -0.1) is 0 Å². The molecular formula is C14H16N4O5. The molecule has 122 valence electrons. The molecule has 23 heavy (non-hydrogen) atoms. The fourth-order valence-corrected chi connectivity index (χ4v) is 2.26. The Morgan fingerprint density at radius 3 is 2.48 bits per heavy atom. The summed E-state index contributed by atoms with van der Waals surface area (Å²) in [5, 5.41) is 16.6. The highest BCUT2D eigenvalue weighted by atomic mass is 16.6. The largest absolute Gasteiger partial charge is 0.378 e. The van der Waals surface area contributed by atoms with Crippen LogP contribution in [0.5, 0.6) is 0 Å². The molecule has 9 nitrogen and oxygen atoms in total. The number of rotatable bonds is 6. The summed E-state index contributed by atoms with van der Waals surface area (Å²) >= 11 is 0. The number of imide groups is 1. The monoisotopic (exact) mass is 320 g/mol. The van der Waals surface area contributed by atoms with Gasteiger partial charge in [0.1, 0.15) is 5.69 Å². The van der Waals surface area contributed by atoms with E-state index in [-0.39, 0.29) is 47.6 Å². The lowest BCUT2D eigenvalue weighted by Crippen LogP contribution is -2.28. The molecule has 1 aliphatic rings. The first-order valence-electron chi connectivity index (χ1n) is 7.02. The van der Waals surface area contributed by atoms with E-state index in [9.17, 15) is 24.5 Å². The molecule has 0 radical (unpaired) electrons. The smallest absolute Gasteiger partial charge is 0.294 e. The summed E-state index contributed by atoms with van der Waals surface area (Å²) in [6, 6.07) is 4.12. The van der Waals surface area contributed by atoms with Crippen LogP contribution in [0.25, 0.3) is 0 Å². The molecule has 2 N–H and O–H groups in total. The second kappa shape index (κ2) is 6.86. The molecule has 1 aliphatic heterocycles. The van der Waals surface area contributed by atoms with E-state index >= 15 is 0 Å². The molecule has 3 amide bonds. The number of nitrogens with one attached hydrogen (secondary N) is 2. The minimum atomic E-state index is -0.588. The van der Waals surface area contributed by atoms with Gasteiger partial charge in [-0.2, -0.15) is 0 Å². The zero-order chi connectivity index (χ0) is 17.0. The number of hydrogen-bond acceptors (Lipinski definition) is 6. The van der Waals surface area contributed by atoms with E-state index in [0.717, 1.165) is 4.90 Å². The Bertz CT molecular complexity index is 657. The number of nitro benzene ring substituents is 1. The lowest BCUT2D eigenvalue weighted by molar-refractivity contribution is -0.383. The first kappa shape index (κ1) is 16.4. The third-order valence-corrected chi connectivity index (χ3v) is 3.30. The van der Waals surface area contributed by atoms with Gasteiger partial charge in [-0.25, -0.2) is 0 Å². The van der Waals surface area contributed by atoms with Crippen molar-refractivity contribution in [3.63, 3.8) is 0 Å². The Hall–Kier alpha value is -2.97. The van der Waals surface area contributed by atoms with Crippen molar-refractivity contribution < 1.29 is 19.3 Å². The second-order valence-electron chi connectivity index (χ2n) is 4.99. The molecule has 0 atom stereocenters. The van der Waals surface area contributed by atoms with Gasteiger partial charge in [0.15, 0.2) is 0 Å². The average Bonchev–Trinajstić information content (AvgIpc) is 2.82. The zero-order valence-corrected chi connectivity index (χ0v) is 12.5. The molecule has 0 aliphatic carbocycles. The standard InChI is InChI=1S/C14H16N4O5/c1-9(19)15-6-7-16-11-3-2-10(8-12(11)18(22)23)17-13(20)4-5-14(17)21/h2-3,8,16H,4-7H2,1H3,(H,15,19). The van der Waals surface area contributed by atoms with Crippen molar-refractivity contribution in [1.29, 1.82) is 0 Å². The van der Waals surface area contributed by atoms with Crippen LogP contribution >= 0.6 is 0 Å². The zero-order valence-electron chi connectivity index (χ0n) is 12.5. The maximum atomic E-state index is 11.7. The van der Waals surface area contributed by atoms with E-state index in [2.05, 4.69) is 10.6 Å². The summed E-state index contributed by atoms with van der Waals surface area (Å²) in [5.41, 5.74) is 0.206. The van der Waals surface area contributed by atoms with Gasteiger partial charge in [0.2, 0.25) is 17.7 Å². The summed E-state index contributed by atoms with van der Waals surface area (Å²) in [6.07, 6.45) is 0.229. The maximum Gasteiger partial charge on any atom is 0.294 e. The summed E-state index contributed by atoms with van der Waals surface area (Å²) in [7, 11) is 0. The number of nitro groups is 1. The predicted octanol–water partition coefficient (Wildman–Crippen LogP) is 0.796. The highest BCUT2D eigenvalue weighted by Crippen LogP contribution is 2.31. The third kappa shape index (κ3) is 3.82. The number of hydrogen-bond donors (Lipinski definition) is 2. The molecular weight excluding hydrogens is 304 g/mol. The average molecular weight is 320 g/mol. The van der Waals surface area contributed by atoms with Crippen LogP contribution in [0.2, 0.25) is 0 Å². The first-order chi connectivity index (χ1) is 10.9. The molecule has 1 heterocycles. The molecule has 0 unspecified atom stereocenters. The fraction of sp³-hybridized carbons (Fsp3) is 0.357. The topological polar surface area (TPSA) is 122 Å². The molecule has 0 saturated carbocycles. The van der Waals surface area contributed by atoms with Gasteiger partial charge in [0, 0.05) is 38.9 Å². The normalized spacial score (nSPS) is 14.0. The van der Waals surface area contributed by atoms with Crippen molar-refractivity contribution in [2.45, 2.75) is 19.8 Å². The predicted molar refractivity (Wildman–Crippen MR) is 82.0 cm³/mol. The second-order valence-corrected chi connectivity index (χ2v) is 4.99. The van der Waals surface area contributed by atoms with Crippen molar-refractivity contribution in [3.8, 4) is 0 Å². The van der Waals surface area contributed by atoms with E-state index < -0.39 is 4.92 Å². The fourth-order valence-electron chi connectivity index (χ4n) is 2.26. The molecule has 0 aromatic heterocycles. The van der Waals surface area contributed by atoms with Crippen LogP contribution in [0.15, 0.2) is 18.2 Å². The van der Waals surface area contributed by atoms with Crippen molar-refractivity contribution >= 4 is 34.8 Å². The molecule has 0 spiro atoms. The lowest BCUT2D eigenvalue weighted by atomic mass is 10.2. The molecule has 1 saturated heterocycles. The van der Waals surface area contributed by atoms with Crippen molar-refractivity contribution in [1.82, 2.24) is 5.32 Å². The van der Waals surface area contributed by atoms with Gasteiger partial charge in [0.05, 0.1) is 10.6 Å². The quantitative estimate of drug-likeness (QED) is 0.346. The van der Waals surface area contributed by atoms with Crippen LogP contribution in [0.4, 0.5) is 17.1 Å². The molecule has 0 bridgehead atoms. The molecule has 1 aromatic carbocycles. The molecule has 1 fully saturated rings. The summed E-state index contributed by atoms with van der Waals surface area (Å²) in [4.78, 5) is 45.8. The minimum absolute atomic E-state index is 0.114. The van der Waals surface area contributed by atoms with E-state index in [1.807, 2.05) is 0 Å². The summed E-state index contributed by atoms with van der Waals surface area (Å²) in [5.74, 6) is -0.922. The van der Waals surface area contributed by atoms with Gasteiger partial charge < -0.3 is 10.6 Å². The molecule has 2 rings (SSSR count). The maximum absolute atomic E-state index is 11.7. The van der Waals surface area contributed by atoms with Crippen molar-refractivity contribution in [2.75, 3.05) is 23.3 Å². The van der Waals surface area contributed by atoms with Gasteiger partial charge in [-0.05, 0) is 12.1 Å². The van der Waals surface area contributed by atoms with Gasteiger partial charge >= 0.3 is 0 Å².